The Balaban J connectivity index is 1.74. The number of hydrogen-bond acceptors (Lipinski definition) is 3. The van der Waals surface area contributed by atoms with Gasteiger partial charge in [0.2, 0.25) is 5.69 Å². The highest BCUT2D eigenvalue weighted by molar-refractivity contribution is 6.25. The van der Waals surface area contributed by atoms with E-state index in [2.05, 4.69) is 9.98 Å². The lowest BCUT2D eigenvalue weighted by molar-refractivity contribution is -0.342. The molecule has 1 aliphatic rings. The number of aromatic nitrogens is 1. The standard InChI is InChI=1S/C26H15F3N2O4/c27-26(28,29)16-4-1-14(2-5-16)24(20-11-30-22-9-15(25(33)34)3-7-18(20)22)21-12-31-23-10-17(35-13-32)6-8-19(21)23/h1-13,30H,(H,33,34)/p+1. The summed E-state index contributed by atoms with van der Waals surface area (Å²) in [5, 5.41) is 10.0. The van der Waals surface area contributed by atoms with Gasteiger partial charge in [-0.05, 0) is 42.0 Å². The fourth-order valence-corrected chi connectivity index (χ4v) is 4.19. The van der Waals surface area contributed by atoms with E-state index in [1.165, 1.54) is 24.3 Å². The molecule has 2 heterocycles. The molecule has 0 saturated heterocycles. The van der Waals surface area contributed by atoms with Gasteiger partial charge in [0.05, 0.1) is 28.3 Å². The third-order valence-electron chi connectivity index (χ3n) is 5.81. The summed E-state index contributed by atoms with van der Waals surface area (Å²) < 4.78 is 44.5. The highest BCUT2D eigenvalue weighted by atomic mass is 19.4. The molecule has 0 aliphatic carbocycles. The Morgan fingerprint density at radius 2 is 1.74 bits per heavy atom. The van der Waals surface area contributed by atoms with Gasteiger partial charge in [0.25, 0.3) is 6.47 Å². The maximum absolute atomic E-state index is 13.2. The molecular weight excluding hydrogens is 461 g/mol. The van der Waals surface area contributed by atoms with Gasteiger partial charge in [0.15, 0.2) is 6.21 Å². The van der Waals surface area contributed by atoms with Crippen LogP contribution in [0.5, 0.6) is 5.75 Å². The van der Waals surface area contributed by atoms with Crippen molar-refractivity contribution in [2.75, 3.05) is 0 Å². The Bertz CT molecular complexity index is 1550. The lowest BCUT2D eigenvalue weighted by Crippen LogP contribution is -2.58. The average Bonchev–Trinajstić information content (AvgIpc) is 3.43. The maximum Gasteiger partial charge on any atom is 0.416 e. The molecule has 5 rings (SSSR count). The molecule has 0 atom stereocenters. The number of fused-ring (bicyclic) bond motifs is 2. The van der Waals surface area contributed by atoms with Crippen molar-refractivity contribution in [1.29, 1.82) is 0 Å². The zero-order valence-electron chi connectivity index (χ0n) is 17.8. The summed E-state index contributed by atoms with van der Waals surface area (Å²) in [6.45, 7) is 0.322. The van der Waals surface area contributed by atoms with Gasteiger partial charge >= 0.3 is 12.1 Å². The van der Waals surface area contributed by atoms with Crippen LogP contribution in [0.3, 0.4) is 0 Å². The van der Waals surface area contributed by atoms with Crippen molar-refractivity contribution >= 4 is 46.4 Å². The summed E-state index contributed by atoms with van der Waals surface area (Å²) >= 11 is 0. The molecule has 0 fully saturated rings. The Labute approximate surface area is 196 Å². The van der Waals surface area contributed by atoms with Crippen molar-refractivity contribution in [2.45, 2.75) is 6.18 Å². The highest BCUT2D eigenvalue weighted by Gasteiger charge is 2.31. The summed E-state index contributed by atoms with van der Waals surface area (Å²) in [5.41, 5.74) is 3.92. The number of carbonyl (C=O) groups excluding carboxylic acids is 1. The van der Waals surface area contributed by atoms with E-state index in [0.29, 0.717) is 51.1 Å². The molecule has 3 N–H and O–H groups in total. The quantitative estimate of drug-likeness (QED) is 0.376. The number of halogens is 3. The number of aromatic carboxylic acids is 1. The molecule has 0 unspecified atom stereocenters. The predicted molar refractivity (Wildman–Crippen MR) is 122 cm³/mol. The zero-order chi connectivity index (χ0) is 24.7. The van der Waals surface area contributed by atoms with Crippen molar-refractivity contribution < 1.29 is 37.6 Å². The second kappa shape index (κ2) is 8.28. The van der Waals surface area contributed by atoms with Gasteiger partial charge in [-0.3, -0.25) is 4.79 Å². The number of carboxylic acid groups (broad SMARTS) is 1. The Morgan fingerprint density at radius 3 is 2.43 bits per heavy atom. The molecule has 9 heteroatoms. The van der Waals surface area contributed by atoms with Crippen LogP contribution in [0, 0.1) is 0 Å². The number of aromatic amines is 1. The van der Waals surface area contributed by atoms with Crippen LogP contribution in [0.1, 0.15) is 32.6 Å². The number of ether oxygens (including phenoxy) is 1. The number of rotatable bonds is 5. The lowest BCUT2D eigenvalue weighted by atomic mass is 9.89. The second-order valence-corrected chi connectivity index (χ2v) is 7.84. The molecule has 0 bridgehead atoms. The van der Waals surface area contributed by atoms with E-state index < -0.39 is 17.7 Å². The van der Waals surface area contributed by atoms with Crippen LogP contribution in [0.15, 0.2) is 66.9 Å². The molecule has 0 saturated carbocycles. The van der Waals surface area contributed by atoms with E-state index in [1.807, 2.05) is 0 Å². The van der Waals surface area contributed by atoms with Crippen molar-refractivity contribution in [3.05, 3.63) is 94.7 Å². The first-order chi connectivity index (χ1) is 16.8. The number of carbonyl (C=O) groups is 2. The number of benzene rings is 3. The molecular formula is C26H16F3N2O4+. The largest absolute Gasteiger partial charge is 0.478 e. The number of hydrogen-bond donors (Lipinski definition) is 3. The number of alkyl halides is 3. The lowest BCUT2D eigenvalue weighted by Gasteiger charge is -2.12. The van der Waals surface area contributed by atoms with Crippen molar-refractivity contribution in [1.82, 2.24) is 4.98 Å². The smallest absolute Gasteiger partial charge is 0.416 e. The van der Waals surface area contributed by atoms with E-state index in [4.69, 9.17) is 4.74 Å². The maximum atomic E-state index is 13.2. The molecule has 1 aromatic heterocycles. The minimum Gasteiger partial charge on any atom is -0.478 e. The van der Waals surface area contributed by atoms with Crippen molar-refractivity contribution in [3.8, 4) is 5.75 Å². The summed E-state index contributed by atoms with van der Waals surface area (Å²) in [6, 6.07) is 14.5. The van der Waals surface area contributed by atoms with E-state index in [-0.39, 0.29) is 5.56 Å². The average molecular weight is 477 g/mol. The second-order valence-electron chi connectivity index (χ2n) is 7.84. The van der Waals surface area contributed by atoms with Gasteiger partial charge in [-0.25, -0.2) is 9.79 Å². The Morgan fingerprint density at radius 1 is 1.00 bits per heavy atom. The zero-order valence-corrected chi connectivity index (χ0v) is 17.8. The molecule has 0 spiro atoms. The molecule has 0 radical (unpaired) electrons. The number of nitrogens with one attached hydrogen (secondary N) is 2. The molecule has 6 nitrogen and oxygen atoms in total. The molecule has 35 heavy (non-hydrogen) atoms. The normalized spacial score (nSPS) is 14.1. The first-order valence-electron chi connectivity index (χ1n) is 10.4. The van der Waals surface area contributed by atoms with E-state index in [0.717, 1.165) is 17.7 Å². The van der Waals surface area contributed by atoms with Gasteiger partial charge in [0, 0.05) is 28.2 Å². The third kappa shape index (κ3) is 3.97. The Hall–Kier alpha value is -4.66. The Kier molecular flexibility index (Phi) is 5.24. The molecule has 4 aromatic rings. The van der Waals surface area contributed by atoms with E-state index in [1.54, 1.807) is 36.7 Å². The fourth-order valence-electron chi connectivity index (χ4n) is 4.19. The number of carboxylic acids is 1. The van der Waals surface area contributed by atoms with Crippen LogP contribution in [0.25, 0.3) is 22.0 Å². The minimum atomic E-state index is -4.47. The van der Waals surface area contributed by atoms with Crippen LogP contribution in [-0.2, 0) is 11.0 Å². The third-order valence-corrected chi connectivity index (χ3v) is 5.81. The van der Waals surface area contributed by atoms with Crippen LogP contribution in [-0.4, -0.2) is 28.7 Å². The monoisotopic (exact) mass is 477 g/mol. The molecule has 0 amide bonds. The van der Waals surface area contributed by atoms with Gasteiger partial charge in [-0.1, -0.05) is 18.2 Å². The first-order valence-corrected chi connectivity index (χ1v) is 10.4. The van der Waals surface area contributed by atoms with Gasteiger partial charge < -0.3 is 14.8 Å². The van der Waals surface area contributed by atoms with Crippen LogP contribution >= 0.6 is 0 Å². The van der Waals surface area contributed by atoms with E-state index >= 15 is 0 Å². The summed E-state index contributed by atoms with van der Waals surface area (Å²) in [4.78, 5) is 28.3. The predicted octanol–water partition coefficient (Wildman–Crippen LogP) is 4.18. The summed E-state index contributed by atoms with van der Waals surface area (Å²) in [6.07, 6.45) is -1.04. The molecule has 1 aliphatic heterocycles. The van der Waals surface area contributed by atoms with Crippen molar-refractivity contribution in [3.63, 3.8) is 0 Å². The minimum absolute atomic E-state index is 0.108. The topological polar surface area (TPSA) is 93.4 Å². The van der Waals surface area contributed by atoms with Crippen LogP contribution in [0.2, 0.25) is 0 Å². The summed E-state index contributed by atoms with van der Waals surface area (Å²) in [7, 11) is 0. The van der Waals surface area contributed by atoms with E-state index in [9.17, 15) is 27.9 Å². The van der Waals surface area contributed by atoms with Crippen LogP contribution in [0.4, 0.5) is 18.9 Å². The highest BCUT2D eigenvalue weighted by Crippen LogP contribution is 2.39. The fraction of sp³-hybridized carbons (Fsp3) is 0.0385. The number of allylic oxidation sites excluding steroid dienone is 1. The molecule has 174 valence electrons. The summed E-state index contributed by atoms with van der Waals surface area (Å²) in [5.74, 6) is -0.731. The van der Waals surface area contributed by atoms with Crippen molar-refractivity contribution in [2.24, 2.45) is 0 Å². The van der Waals surface area contributed by atoms with Gasteiger partial charge in [-0.15, -0.1) is 0 Å². The molecule has 3 aromatic carbocycles. The number of H-pyrrole nitrogens is 1. The van der Waals surface area contributed by atoms with Gasteiger partial charge in [-0.2, -0.15) is 13.2 Å². The van der Waals surface area contributed by atoms with Crippen LogP contribution < -0.4 is 9.73 Å². The SMILES string of the molecule is O=COc1ccc2c(c1)[NH+]=CC2=C(c1ccc(C(F)(F)F)cc1)c1c[nH]c2cc(C(=O)O)ccc12. The van der Waals surface area contributed by atoms with Gasteiger partial charge in [0.1, 0.15) is 5.75 Å². The first kappa shape index (κ1) is 22.1.